The minimum Gasteiger partial charge on any atom is -0.502 e. The van der Waals surface area contributed by atoms with Crippen molar-refractivity contribution >= 4 is 5.69 Å². The van der Waals surface area contributed by atoms with E-state index in [1.807, 2.05) is 0 Å². The molecule has 1 saturated carbocycles. The molecule has 0 unspecified atom stereocenters. The highest BCUT2D eigenvalue weighted by atomic mass is 19.3. The van der Waals surface area contributed by atoms with E-state index in [1.165, 1.54) is 12.1 Å². The van der Waals surface area contributed by atoms with Gasteiger partial charge < -0.3 is 10.8 Å². The summed E-state index contributed by atoms with van der Waals surface area (Å²) in [5.74, 6) is -3.20. The number of nitrogens with zero attached hydrogens (tertiary/aromatic N) is 1. The van der Waals surface area contributed by atoms with Gasteiger partial charge in [-0.2, -0.15) is 0 Å². The number of rotatable bonds is 2. The summed E-state index contributed by atoms with van der Waals surface area (Å²) in [4.78, 5) is 9.88. The standard InChI is InChI=1S/C12H14F2N2O3/c13-12(14)5-3-11(15,4-6-12)8-1-2-9(16(18)19)10(17)7-8/h1-2,7,17H,3-6,15H2. The van der Waals surface area contributed by atoms with Gasteiger partial charge in [0, 0.05) is 24.4 Å². The third-order valence-electron chi connectivity index (χ3n) is 3.62. The molecule has 104 valence electrons. The van der Waals surface area contributed by atoms with Gasteiger partial charge in [-0.25, -0.2) is 8.78 Å². The Kier molecular flexibility index (Phi) is 3.17. The van der Waals surface area contributed by atoms with Crippen molar-refractivity contribution in [3.8, 4) is 5.75 Å². The number of nitro groups is 1. The second-order valence-electron chi connectivity index (χ2n) is 4.97. The molecule has 3 N–H and O–H groups in total. The highest BCUT2D eigenvalue weighted by Gasteiger charge is 2.42. The number of hydrogen-bond acceptors (Lipinski definition) is 4. The predicted octanol–water partition coefficient (Wildman–Crippen LogP) is 2.66. The first kappa shape index (κ1) is 13.7. The first-order chi connectivity index (χ1) is 8.73. The van der Waals surface area contributed by atoms with Crippen molar-refractivity contribution in [2.75, 3.05) is 0 Å². The maximum absolute atomic E-state index is 13.1. The van der Waals surface area contributed by atoms with Gasteiger partial charge >= 0.3 is 5.69 Å². The van der Waals surface area contributed by atoms with Crippen molar-refractivity contribution in [2.45, 2.75) is 37.1 Å². The Balaban J connectivity index is 2.27. The molecule has 0 aliphatic heterocycles. The minimum absolute atomic E-state index is 0.0806. The van der Waals surface area contributed by atoms with E-state index in [1.54, 1.807) is 0 Å². The van der Waals surface area contributed by atoms with Crippen molar-refractivity contribution < 1.29 is 18.8 Å². The smallest absolute Gasteiger partial charge is 0.310 e. The van der Waals surface area contributed by atoms with Gasteiger partial charge in [0.25, 0.3) is 0 Å². The molecule has 1 aliphatic carbocycles. The van der Waals surface area contributed by atoms with Gasteiger partial charge in [0.2, 0.25) is 5.92 Å². The predicted molar refractivity (Wildman–Crippen MR) is 64.0 cm³/mol. The molecule has 1 aromatic carbocycles. The van der Waals surface area contributed by atoms with E-state index in [9.17, 15) is 24.0 Å². The molecule has 0 heterocycles. The fourth-order valence-corrected chi connectivity index (χ4v) is 2.34. The lowest BCUT2D eigenvalue weighted by Gasteiger charge is -2.37. The summed E-state index contributed by atoms with van der Waals surface area (Å²) in [5, 5.41) is 20.2. The van der Waals surface area contributed by atoms with Crippen LogP contribution in [0.4, 0.5) is 14.5 Å². The number of halogens is 2. The molecule has 0 saturated heterocycles. The lowest BCUT2D eigenvalue weighted by molar-refractivity contribution is -0.385. The van der Waals surface area contributed by atoms with Gasteiger partial charge in [-0.15, -0.1) is 0 Å². The Morgan fingerprint density at radius 1 is 1.26 bits per heavy atom. The second kappa shape index (κ2) is 4.41. The maximum atomic E-state index is 13.1. The van der Waals surface area contributed by atoms with E-state index in [4.69, 9.17) is 5.73 Å². The number of aromatic hydroxyl groups is 1. The molecule has 0 atom stereocenters. The molecule has 0 bridgehead atoms. The summed E-state index contributed by atoms with van der Waals surface area (Å²) in [5.41, 5.74) is 5.15. The highest BCUT2D eigenvalue weighted by molar-refractivity contribution is 5.49. The number of phenols is 1. The zero-order chi connectivity index (χ0) is 14.3. The van der Waals surface area contributed by atoms with E-state index >= 15 is 0 Å². The zero-order valence-corrected chi connectivity index (χ0v) is 10.1. The van der Waals surface area contributed by atoms with E-state index in [0.717, 1.165) is 6.07 Å². The van der Waals surface area contributed by atoms with Crippen LogP contribution in [-0.4, -0.2) is 16.0 Å². The van der Waals surface area contributed by atoms with Crippen LogP contribution in [-0.2, 0) is 5.54 Å². The zero-order valence-electron chi connectivity index (χ0n) is 10.1. The normalized spacial score (nSPS) is 21.0. The first-order valence-corrected chi connectivity index (χ1v) is 5.88. The molecule has 0 aromatic heterocycles. The van der Waals surface area contributed by atoms with E-state index < -0.39 is 27.8 Å². The molecule has 0 radical (unpaired) electrons. The fraction of sp³-hybridized carbons (Fsp3) is 0.500. The Bertz CT molecular complexity index is 510. The van der Waals surface area contributed by atoms with Gasteiger partial charge in [-0.3, -0.25) is 10.1 Å². The van der Waals surface area contributed by atoms with E-state index in [2.05, 4.69) is 0 Å². The lowest BCUT2D eigenvalue weighted by Crippen LogP contribution is -2.43. The number of hydrogen-bond donors (Lipinski definition) is 2. The third-order valence-corrected chi connectivity index (χ3v) is 3.62. The summed E-state index contributed by atoms with van der Waals surface area (Å²) in [6.45, 7) is 0. The van der Waals surface area contributed by atoms with Crippen LogP contribution in [0.15, 0.2) is 18.2 Å². The third kappa shape index (κ3) is 2.65. The van der Waals surface area contributed by atoms with Crippen molar-refractivity contribution in [3.05, 3.63) is 33.9 Å². The van der Waals surface area contributed by atoms with Gasteiger partial charge in [-0.1, -0.05) is 6.07 Å². The van der Waals surface area contributed by atoms with Crippen LogP contribution in [0.2, 0.25) is 0 Å². The number of nitrogens with two attached hydrogens (primary N) is 1. The number of alkyl halides is 2. The van der Waals surface area contributed by atoms with Crippen LogP contribution in [0.25, 0.3) is 0 Å². The number of phenolic OH excluding ortho intramolecular Hbond substituents is 1. The van der Waals surface area contributed by atoms with Crippen LogP contribution < -0.4 is 5.73 Å². The largest absolute Gasteiger partial charge is 0.502 e. The Morgan fingerprint density at radius 3 is 2.32 bits per heavy atom. The summed E-state index contributed by atoms with van der Waals surface area (Å²) < 4.78 is 26.2. The summed E-state index contributed by atoms with van der Waals surface area (Å²) >= 11 is 0. The Labute approximate surface area is 108 Å². The minimum atomic E-state index is -2.70. The SMILES string of the molecule is NC1(c2ccc([N+](=O)[O-])c(O)c2)CCC(F)(F)CC1. The maximum Gasteiger partial charge on any atom is 0.310 e. The van der Waals surface area contributed by atoms with Crippen molar-refractivity contribution in [1.82, 2.24) is 0 Å². The van der Waals surface area contributed by atoms with Crippen LogP contribution in [0.1, 0.15) is 31.2 Å². The summed E-state index contributed by atoms with van der Waals surface area (Å²) in [7, 11) is 0. The van der Waals surface area contributed by atoms with Crippen LogP contribution in [0.3, 0.4) is 0 Å². The van der Waals surface area contributed by atoms with Crippen LogP contribution in [0, 0.1) is 10.1 Å². The van der Waals surface area contributed by atoms with Crippen molar-refractivity contribution in [3.63, 3.8) is 0 Å². The monoisotopic (exact) mass is 272 g/mol. The van der Waals surface area contributed by atoms with Crippen molar-refractivity contribution in [1.29, 1.82) is 0 Å². The number of benzene rings is 1. The second-order valence-corrected chi connectivity index (χ2v) is 4.97. The molecule has 1 aliphatic rings. The van der Waals surface area contributed by atoms with E-state index in [-0.39, 0.29) is 25.7 Å². The molecule has 19 heavy (non-hydrogen) atoms. The molecule has 2 rings (SSSR count). The molecular formula is C12H14F2N2O3. The van der Waals surface area contributed by atoms with E-state index in [0.29, 0.717) is 5.56 Å². The Morgan fingerprint density at radius 2 is 1.84 bits per heavy atom. The molecule has 7 heteroatoms. The van der Waals surface area contributed by atoms with Crippen LogP contribution >= 0.6 is 0 Å². The van der Waals surface area contributed by atoms with Gasteiger partial charge in [0.05, 0.1) is 4.92 Å². The topological polar surface area (TPSA) is 89.4 Å². The van der Waals surface area contributed by atoms with Gasteiger partial charge in [-0.05, 0) is 24.5 Å². The Hall–Kier alpha value is -1.76. The molecule has 5 nitrogen and oxygen atoms in total. The lowest BCUT2D eigenvalue weighted by atomic mass is 9.76. The molecular weight excluding hydrogens is 258 g/mol. The summed E-state index contributed by atoms with van der Waals surface area (Å²) in [6, 6.07) is 3.76. The molecule has 1 fully saturated rings. The quantitative estimate of drug-likeness (QED) is 0.639. The summed E-state index contributed by atoms with van der Waals surface area (Å²) in [6.07, 6.45) is -0.475. The first-order valence-electron chi connectivity index (χ1n) is 5.88. The molecule has 0 spiro atoms. The van der Waals surface area contributed by atoms with Crippen LogP contribution in [0.5, 0.6) is 5.75 Å². The van der Waals surface area contributed by atoms with Crippen molar-refractivity contribution in [2.24, 2.45) is 5.73 Å². The van der Waals surface area contributed by atoms with Gasteiger partial charge in [0.1, 0.15) is 0 Å². The molecule has 0 amide bonds. The van der Waals surface area contributed by atoms with Gasteiger partial charge in [0.15, 0.2) is 5.75 Å². The number of nitro benzene ring substituents is 1. The molecule has 1 aromatic rings. The highest BCUT2D eigenvalue weighted by Crippen LogP contribution is 2.43. The average Bonchev–Trinajstić information content (AvgIpc) is 2.33. The fourth-order valence-electron chi connectivity index (χ4n) is 2.34. The average molecular weight is 272 g/mol.